The highest BCUT2D eigenvalue weighted by molar-refractivity contribution is 5.85. The number of hydrogen-bond donors (Lipinski definition) is 1. The zero-order valence-corrected chi connectivity index (χ0v) is 17.4. The van der Waals surface area contributed by atoms with Crippen LogP contribution in [0.4, 0.5) is 8.78 Å². The van der Waals surface area contributed by atoms with Gasteiger partial charge in [-0.1, -0.05) is 30.3 Å². The predicted molar refractivity (Wildman–Crippen MR) is 115 cm³/mol. The van der Waals surface area contributed by atoms with Gasteiger partial charge >= 0.3 is 5.97 Å². The van der Waals surface area contributed by atoms with Crippen molar-refractivity contribution < 1.29 is 23.4 Å². The molecule has 1 aliphatic heterocycles. The fraction of sp³-hybridized carbons (Fsp3) is 0.348. The third-order valence-electron chi connectivity index (χ3n) is 5.12. The molecule has 1 atom stereocenters. The summed E-state index contributed by atoms with van der Waals surface area (Å²) in [6.45, 7) is 2.97. The zero-order valence-electron chi connectivity index (χ0n) is 16.6. The van der Waals surface area contributed by atoms with E-state index in [4.69, 9.17) is 9.84 Å². The van der Waals surface area contributed by atoms with Gasteiger partial charge in [-0.3, -0.25) is 4.79 Å². The smallest absolute Gasteiger partial charge is 0.307 e. The summed E-state index contributed by atoms with van der Waals surface area (Å²) in [5.74, 6) is -1.66. The van der Waals surface area contributed by atoms with Gasteiger partial charge < -0.3 is 14.7 Å². The topological polar surface area (TPSA) is 49.8 Å². The number of nitrogens with zero attached hydrogens (tertiary/aromatic N) is 1. The number of carboxylic acids is 1. The fourth-order valence-corrected chi connectivity index (χ4v) is 3.54. The second kappa shape index (κ2) is 11.8. The highest BCUT2D eigenvalue weighted by atomic mass is 35.5. The second-order valence-electron chi connectivity index (χ2n) is 7.18. The Balaban J connectivity index is 0.00000320. The first-order chi connectivity index (χ1) is 14.0. The van der Waals surface area contributed by atoms with Crippen LogP contribution in [-0.4, -0.2) is 48.8 Å². The number of carboxylic acid groups (broad SMARTS) is 1. The van der Waals surface area contributed by atoms with Gasteiger partial charge in [-0.2, -0.15) is 0 Å². The number of halogens is 3. The van der Waals surface area contributed by atoms with Crippen LogP contribution in [0, 0.1) is 17.6 Å². The standard InChI is InChI=1S/C23H25F2NO3.ClH/c24-20-7-3-17(4-8-20)22(18-5-9-21(25)10-6-18)11-14-29-15-13-26-12-1-2-19(16-26)23(27)28;/h3-11,19H,1-2,12-16H2,(H,27,28);1H/t19-;/m1./s1. The molecule has 30 heavy (non-hydrogen) atoms. The molecular formula is C23H26ClF2NO3. The Morgan fingerprint density at radius 1 is 1.07 bits per heavy atom. The van der Waals surface area contributed by atoms with Crippen LogP contribution < -0.4 is 0 Å². The molecule has 7 heteroatoms. The third-order valence-corrected chi connectivity index (χ3v) is 5.12. The molecule has 1 heterocycles. The van der Waals surface area contributed by atoms with Gasteiger partial charge in [-0.25, -0.2) is 8.78 Å². The lowest BCUT2D eigenvalue weighted by atomic mass is 9.97. The van der Waals surface area contributed by atoms with Crippen LogP contribution in [0.15, 0.2) is 54.6 Å². The molecule has 0 aromatic heterocycles. The summed E-state index contributed by atoms with van der Waals surface area (Å²) in [6, 6.07) is 12.3. The summed E-state index contributed by atoms with van der Waals surface area (Å²) in [4.78, 5) is 13.3. The van der Waals surface area contributed by atoms with Gasteiger partial charge in [0.15, 0.2) is 0 Å². The Morgan fingerprint density at radius 3 is 2.17 bits per heavy atom. The van der Waals surface area contributed by atoms with Crippen molar-refractivity contribution in [2.75, 3.05) is 32.8 Å². The number of carbonyl (C=O) groups is 1. The number of ether oxygens (including phenoxy) is 1. The lowest BCUT2D eigenvalue weighted by Gasteiger charge is -2.30. The average Bonchev–Trinajstić information content (AvgIpc) is 2.73. The van der Waals surface area contributed by atoms with Gasteiger partial charge in [0.25, 0.3) is 0 Å². The lowest BCUT2D eigenvalue weighted by Crippen LogP contribution is -2.40. The van der Waals surface area contributed by atoms with E-state index in [2.05, 4.69) is 4.90 Å². The minimum atomic E-state index is -0.734. The molecule has 2 aromatic carbocycles. The Labute approximate surface area is 181 Å². The van der Waals surface area contributed by atoms with Gasteiger partial charge in [-0.05, 0) is 60.4 Å². The van der Waals surface area contributed by atoms with Gasteiger partial charge in [-0.15, -0.1) is 12.4 Å². The summed E-state index contributed by atoms with van der Waals surface area (Å²) in [7, 11) is 0. The molecule has 0 saturated carbocycles. The largest absolute Gasteiger partial charge is 0.481 e. The summed E-state index contributed by atoms with van der Waals surface area (Å²) in [5.41, 5.74) is 2.48. The number of likely N-dealkylation sites (tertiary alicyclic amines) is 1. The first kappa shape index (κ1) is 24.0. The van der Waals surface area contributed by atoms with E-state index in [-0.39, 0.29) is 30.0 Å². The van der Waals surface area contributed by atoms with Crippen molar-refractivity contribution in [1.29, 1.82) is 0 Å². The van der Waals surface area contributed by atoms with E-state index in [1.54, 1.807) is 24.3 Å². The van der Waals surface area contributed by atoms with Gasteiger partial charge in [0.2, 0.25) is 0 Å². The third kappa shape index (κ3) is 6.90. The Kier molecular flexibility index (Phi) is 9.43. The maximum Gasteiger partial charge on any atom is 0.307 e. The second-order valence-corrected chi connectivity index (χ2v) is 7.18. The lowest BCUT2D eigenvalue weighted by molar-refractivity contribution is -0.143. The van der Waals surface area contributed by atoms with Crippen molar-refractivity contribution in [1.82, 2.24) is 4.90 Å². The first-order valence-electron chi connectivity index (χ1n) is 9.78. The van der Waals surface area contributed by atoms with Gasteiger partial charge in [0.1, 0.15) is 11.6 Å². The number of benzene rings is 2. The molecule has 1 saturated heterocycles. The van der Waals surface area contributed by atoms with E-state index in [9.17, 15) is 13.6 Å². The van der Waals surface area contributed by atoms with E-state index >= 15 is 0 Å². The average molecular weight is 438 g/mol. The maximum atomic E-state index is 13.3. The van der Waals surface area contributed by atoms with Crippen LogP contribution in [0.1, 0.15) is 24.0 Å². The Morgan fingerprint density at radius 2 is 1.63 bits per heavy atom. The summed E-state index contributed by atoms with van der Waals surface area (Å²) in [5, 5.41) is 9.16. The van der Waals surface area contributed by atoms with Crippen molar-refractivity contribution in [2.24, 2.45) is 5.92 Å². The van der Waals surface area contributed by atoms with E-state index in [1.165, 1.54) is 24.3 Å². The Bertz CT molecular complexity index is 793. The predicted octanol–water partition coefficient (Wildman–Crippen LogP) is 4.63. The fourth-order valence-electron chi connectivity index (χ4n) is 3.54. The molecule has 0 spiro atoms. The molecule has 3 rings (SSSR count). The molecular weight excluding hydrogens is 412 g/mol. The molecule has 2 aromatic rings. The molecule has 4 nitrogen and oxygen atoms in total. The number of rotatable bonds is 8. The number of hydrogen-bond acceptors (Lipinski definition) is 3. The molecule has 162 valence electrons. The highest BCUT2D eigenvalue weighted by Gasteiger charge is 2.24. The molecule has 0 unspecified atom stereocenters. The molecule has 1 N–H and O–H groups in total. The van der Waals surface area contributed by atoms with E-state index in [0.29, 0.717) is 26.3 Å². The quantitative estimate of drug-likeness (QED) is 0.612. The summed E-state index contributed by atoms with van der Waals surface area (Å²) in [6.07, 6.45) is 3.51. The SMILES string of the molecule is Cl.O=C(O)[C@@H]1CCCN(CCOCC=C(c2ccc(F)cc2)c2ccc(F)cc2)C1. The minimum Gasteiger partial charge on any atom is -0.481 e. The summed E-state index contributed by atoms with van der Waals surface area (Å²) < 4.78 is 32.3. The maximum absolute atomic E-state index is 13.3. The van der Waals surface area contributed by atoms with Crippen LogP contribution in [0.5, 0.6) is 0 Å². The molecule has 0 radical (unpaired) electrons. The van der Waals surface area contributed by atoms with Crippen LogP contribution in [0.3, 0.4) is 0 Å². The minimum absolute atomic E-state index is 0. The molecule has 0 bridgehead atoms. The number of piperidine rings is 1. The van der Waals surface area contributed by atoms with Crippen molar-refractivity contribution in [2.45, 2.75) is 12.8 Å². The van der Waals surface area contributed by atoms with Crippen molar-refractivity contribution in [3.05, 3.63) is 77.4 Å². The van der Waals surface area contributed by atoms with E-state index < -0.39 is 5.97 Å². The van der Waals surface area contributed by atoms with Gasteiger partial charge in [0.05, 0.1) is 19.1 Å². The molecule has 0 amide bonds. The monoisotopic (exact) mass is 437 g/mol. The highest BCUT2D eigenvalue weighted by Crippen LogP contribution is 2.24. The molecule has 1 fully saturated rings. The van der Waals surface area contributed by atoms with Crippen LogP contribution >= 0.6 is 12.4 Å². The summed E-state index contributed by atoms with van der Waals surface area (Å²) >= 11 is 0. The van der Waals surface area contributed by atoms with E-state index in [1.807, 2.05) is 6.08 Å². The first-order valence-corrected chi connectivity index (χ1v) is 9.78. The number of aliphatic carboxylic acids is 1. The van der Waals surface area contributed by atoms with Crippen LogP contribution in [0.2, 0.25) is 0 Å². The normalized spacial score (nSPS) is 16.5. The zero-order chi connectivity index (χ0) is 20.6. The van der Waals surface area contributed by atoms with E-state index in [0.717, 1.165) is 36.1 Å². The van der Waals surface area contributed by atoms with Crippen molar-refractivity contribution in [3.63, 3.8) is 0 Å². The van der Waals surface area contributed by atoms with Crippen LogP contribution in [-0.2, 0) is 9.53 Å². The van der Waals surface area contributed by atoms with Gasteiger partial charge in [0, 0.05) is 13.1 Å². The molecule has 0 aliphatic carbocycles. The van der Waals surface area contributed by atoms with Crippen molar-refractivity contribution >= 4 is 23.9 Å². The Hall–Kier alpha value is -2.28. The van der Waals surface area contributed by atoms with Crippen molar-refractivity contribution in [3.8, 4) is 0 Å². The molecule has 1 aliphatic rings. The van der Waals surface area contributed by atoms with Crippen LogP contribution in [0.25, 0.3) is 5.57 Å².